The Morgan fingerprint density at radius 3 is 2.05 bits per heavy atom. The zero-order valence-corrected chi connectivity index (χ0v) is 12.8. The van der Waals surface area contributed by atoms with E-state index in [0.717, 1.165) is 12.1 Å². The number of alkyl halides is 3. The third kappa shape index (κ3) is 3.00. The van der Waals surface area contributed by atoms with Gasteiger partial charge < -0.3 is 15.0 Å². The Labute approximate surface area is 126 Å². The van der Waals surface area contributed by atoms with Crippen LogP contribution in [-0.4, -0.2) is 18.3 Å². The molecule has 1 fully saturated rings. The van der Waals surface area contributed by atoms with Crippen molar-refractivity contribution in [2.45, 2.75) is 51.0 Å². The fourth-order valence-corrected chi connectivity index (χ4v) is 2.25. The molecule has 2 rings (SSSR count). The van der Waals surface area contributed by atoms with Gasteiger partial charge >= 0.3 is 13.3 Å². The van der Waals surface area contributed by atoms with Crippen molar-refractivity contribution in [1.29, 1.82) is 0 Å². The number of nitrogens with two attached hydrogens (primary N) is 1. The van der Waals surface area contributed by atoms with Crippen LogP contribution >= 0.6 is 0 Å². The minimum absolute atomic E-state index is 0.257. The molecule has 8 heteroatoms. The smallest absolute Gasteiger partial charge is 0.402 e. The maximum Gasteiger partial charge on any atom is 0.480 e. The lowest BCUT2D eigenvalue weighted by molar-refractivity contribution is -0.138. The van der Waals surface area contributed by atoms with Gasteiger partial charge in [-0.1, -0.05) is 6.07 Å². The Kier molecular flexibility index (Phi) is 4.09. The van der Waals surface area contributed by atoms with Gasteiger partial charge in [0.15, 0.2) is 0 Å². The summed E-state index contributed by atoms with van der Waals surface area (Å²) < 4.78 is 63.7. The fourth-order valence-electron chi connectivity index (χ4n) is 2.25. The summed E-state index contributed by atoms with van der Waals surface area (Å²) in [5.74, 6) is -2.16. The van der Waals surface area contributed by atoms with E-state index in [2.05, 4.69) is 0 Å². The highest BCUT2D eigenvalue weighted by atomic mass is 19.4. The molecule has 1 aromatic carbocycles. The summed E-state index contributed by atoms with van der Waals surface area (Å²) in [5, 5.41) is 0. The first-order chi connectivity index (χ1) is 9.85. The molecular weight excluding hydrogens is 301 g/mol. The minimum Gasteiger partial charge on any atom is -0.402 e. The molecule has 3 nitrogen and oxygen atoms in total. The van der Waals surface area contributed by atoms with E-state index in [0.29, 0.717) is 6.07 Å². The molecule has 0 unspecified atom stereocenters. The fraction of sp³-hybridized carbons (Fsp3) is 0.571. The van der Waals surface area contributed by atoms with Crippen molar-refractivity contribution < 1.29 is 26.9 Å². The lowest BCUT2D eigenvalue weighted by Crippen LogP contribution is -2.41. The quantitative estimate of drug-likeness (QED) is 0.670. The molecular formula is C14H18BF4NO2. The Morgan fingerprint density at radius 1 is 1.09 bits per heavy atom. The van der Waals surface area contributed by atoms with E-state index in [-0.39, 0.29) is 5.56 Å². The molecule has 1 aromatic rings. The van der Waals surface area contributed by atoms with Crippen LogP contribution in [0, 0.1) is 5.82 Å². The molecule has 1 atom stereocenters. The molecule has 0 spiro atoms. The molecule has 1 aliphatic rings. The van der Waals surface area contributed by atoms with Gasteiger partial charge in [-0.15, -0.1) is 0 Å². The molecule has 2 N–H and O–H groups in total. The van der Waals surface area contributed by atoms with E-state index in [1.807, 2.05) is 0 Å². The number of hydrogen-bond acceptors (Lipinski definition) is 3. The SMILES string of the molecule is CC1(C)OB([C@@H](N)c2ccc(F)cc2C(F)(F)F)OC1(C)C. The summed E-state index contributed by atoms with van der Waals surface area (Å²) in [6.07, 6.45) is -4.71. The normalized spacial score (nSPS) is 22.0. The van der Waals surface area contributed by atoms with Gasteiger partial charge in [-0.3, -0.25) is 0 Å². The van der Waals surface area contributed by atoms with Gasteiger partial charge in [0.2, 0.25) is 0 Å². The van der Waals surface area contributed by atoms with E-state index < -0.39 is 41.8 Å². The average molecular weight is 319 g/mol. The van der Waals surface area contributed by atoms with E-state index in [9.17, 15) is 17.6 Å². The van der Waals surface area contributed by atoms with E-state index in [1.165, 1.54) is 0 Å². The van der Waals surface area contributed by atoms with Crippen molar-refractivity contribution in [1.82, 2.24) is 0 Å². The summed E-state index contributed by atoms with van der Waals surface area (Å²) in [4.78, 5) is 0. The molecule has 1 heterocycles. The first-order valence-electron chi connectivity index (χ1n) is 6.83. The van der Waals surface area contributed by atoms with Crippen LogP contribution in [0.1, 0.15) is 44.8 Å². The number of hydrogen-bond donors (Lipinski definition) is 1. The third-order valence-corrected chi connectivity index (χ3v) is 4.24. The highest BCUT2D eigenvalue weighted by Crippen LogP contribution is 2.42. The highest BCUT2D eigenvalue weighted by molar-refractivity contribution is 6.47. The monoisotopic (exact) mass is 319 g/mol. The Bertz CT molecular complexity index is 558. The van der Waals surface area contributed by atoms with Crippen molar-refractivity contribution >= 4 is 7.12 Å². The first kappa shape index (κ1) is 17.2. The van der Waals surface area contributed by atoms with Crippen LogP contribution in [0.5, 0.6) is 0 Å². The van der Waals surface area contributed by atoms with Gasteiger partial charge in [0, 0.05) is 0 Å². The Balaban J connectivity index is 2.38. The van der Waals surface area contributed by atoms with Gasteiger partial charge in [0.1, 0.15) is 5.82 Å². The molecule has 122 valence electrons. The lowest BCUT2D eigenvalue weighted by atomic mass is 9.73. The van der Waals surface area contributed by atoms with E-state index in [4.69, 9.17) is 15.0 Å². The predicted octanol–water partition coefficient (Wildman–Crippen LogP) is 3.48. The molecule has 1 aliphatic heterocycles. The molecule has 1 saturated heterocycles. The van der Waals surface area contributed by atoms with Crippen molar-refractivity contribution in [3.8, 4) is 0 Å². The van der Waals surface area contributed by atoms with Crippen LogP contribution in [0.15, 0.2) is 18.2 Å². The molecule has 0 radical (unpaired) electrons. The van der Waals surface area contributed by atoms with E-state index in [1.54, 1.807) is 27.7 Å². The molecule has 0 amide bonds. The van der Waals surface area contributed by atoms with Crippen LogP contribution in [0.4, 0.5) is 17.6 Å². The number of halogens is 4. The summed E-state index contributed by atoms with van der Waals surface area (Å²) in [7, 11) is -1.04. The lowest BCUT2D eigenvalue weighted by Gasteiger charge is -2.32. The van der Waals surface area contributed by atoms with Crippen LogP contribution in [0.25, 0.3) is 0 Å². The zero-order chi connectivity index (χ0) is 16.9. The summed E-state index contributed by atoms with van der Waals surface area (Å²) in [5.41, 5.74) is 3.12. The van der Waals surface area contributed by atoms with Gasteiger partial charge in [-0.2, -0.15) is 13.2 Å². The summed E-state index contributed by atoms with van der Waals surface area (Å²) in [6, 6.07) is 2.39. The Hall–Kier alpha value is -1.12. The third-order valence-electron chi connectivity index (χ3n) is 4.24. The second-order valence-electron chi connectivity index (χ2n) is 6.38. The average Bonchev–Trinajstić information content (AvgIpc) is 2.56. The van der Waals surface area contributed by atoms with Gasteiger partial charge in [-0.25, -0.2) is 4.39 Å². The van der Waals surface area contributed by atoms with Crippen molar-refractivity contribution in [2.24, 2.45) is 5.73 Å². The van der Waals surface area contributed by atoms with Crippen LogP contribution in [0.3, 0.4) is 0 Å². The van der Waals surface area contributed by atoms with Crippen molar-refractivity contribution in [3.05, 3.63) is 35.1 Å². The van der Waals surface area contributed by atoms with Gasteiger partial charge in [0.05, 0.1) is 22.7 Å². The molecule has 0 bridgehead atoms. The van der Waals surface area contributed by atoms with Crippen LogP contribution in [-0.2, 0) is 15.5 Å². The molecule has 0 saturated carbocycles. The standard InChI is InChI=1S/C14H18BF4NO2/c1-12(2)13(3,4)22-15(21-12)11(20)9-6-5-8(16)7-10(9)14(17,18)19/h5-7,11H,20H2,1-4H3/t11-/m0/s1. The minimum atomic E-state index is -4.71. The van der Waals surface area contributed by atoms with Gasteiger partial charge in [0.25, 0.3) is 0 Å². The second kappa shape index (κ2) is 5.21. The van der Waals surface area contributed by atoms with Crippen molar-refractivity contribution in [3.63, 3.8) is 0 Å². The van der Waals surface area contributed by atoms with Gasteiger partial charge in [-0.05, 0) is 45.4 Å². The van der Waals surface area contributed by atoms with E-state index >= 15 is 0 Å². The van der Waals surface area contributed by atoms with Crippen LogP contribution in [0.2, 0.25) is 0 Å². The maximum absolute atomic E-state index is 13.2. The van der Waals surface area contributed by atoms with Crippen molar-refractivity contribution in [2.75, 3.05) is 0 Å². The zero-order valence-electron chi connectivity index (χ0n) is 12.8. The summed E-state index contributed by atoms with van der Waals surface area (Å²) >= 11 is 0. The molecule has 22 heavy (non-hydrogen) atoms. The maximum atomic E-state index is 13.2. The molecule has 0 aliphatic carbocycles. The predicted molar refractivity (Wildman–Crippen MR) is 74.4 cm³/mol. The summed E-state index contributed by atoms with van der Waals surface area (Å²) in [6.45, 7) is 7.09. The second-order valence-corrected chi connectivity index (χ2v) is 6.38. The molecule has 0 aromatic heterocycles. The van der Waals surface area contributed by atoms with Crippen LogP contribution < -0.4 is 5.73 Å². The largest absolute Gasteiger partial charge is 0.480 e. The Morgan fingerprint density at radius 2 is 1.59 bits per heavy atom. The number of benzene rings is 1. The first-order valence-corrected chi connectivity index (χ1v) is 6.83. The number of rotatable bonds is 2. The highest BCUT2D eigenvalue weighted by Gasteiger charge is 2.54. The topological polar surface area (TPSA) is 44.5 Å².